The second-order valence-electron chi connectivity index (χ2n) is 18.7. The average molecular weight is 958 g/mol. The van der Waals surface area contributed by atoms with E-state index < -0.39 is 77.6 Å². The molecule has 1 saturated carbocycles. The van der Waals surface area contributed by atoms with Crippen LogP contribution in [0.5, 0.6) is 0 Å². The number of para-hydroxylation sites is 1. The summed E-state index contributed by atoms with van der Waals surface area (Å²) in [4.78, 5) is 105. The highest BCUT2D eigenvalue weighted by Gasteiger charge is 2.41. The molecule has 2 saturated heterocycles. The van der Waals surface area contributed by atoms with Gasteiger partial charge in [-0.25, -0.2) is 0 Å². The van der Waals surface area contributed by atoms with Crippen LogP contribution in [-0.4, -0.2) is 113 Å². The van der Waals surface area contributed by atoms with Gasteiger partial charge in [0.05, 0.1) is 0 Å². The molecule has 2 aliphatic heterocycles. The zero-order valence-electron chi connectivity index (χ0n) is 39.6. The van der Waals surface area contributed by atoms with E-state index in [1.807, 2.05) is 54.6 Å². The van der Waals surface area contributed by atoms with Gasteiger partial charge in [0.2, 0.25) is 35.4 Å². The maximum atomic E-state index is 14.8. The quantitative estimate of drug-likeness (QED) is 0.0505. The van der Waals surface area contributed by atoms with Crippen molar-refractivity contribution in [1.82, 2.24) is 47.1 Å². The summed E-state index contributed by atoms with van der Waals surface area (Å²) in [6.07, 6.45) is 8.71. The van der Waals surface area contributed by atoms with Crippen molar-refractivity contribution in [2.45, 2.75) is 126 Å². The molecule has 6 atom stereocenters. The predicted molar refractivity (Wildman–Crippen MR) is 265 cm³/mol. The highest BCUT2D eigenvalue weighted by atomic mass is 16.2. The van der Waals surface area contributed by atoms with Crippen molar-refractivity contribution in [3.8, 4) is 0 Å². The number of rotatable bonds is 14. The first kappa shape index (κ1) is 50.6. The van der Waals surface area contributed by atoms with Crippen LogP contribution >= 0.6 is 0 Å². The number of aromatic nitrogens is 1. The molecule has 372 valence electrons. The summed E-state index contributed by atoms with van der Waals surface area (Å²) in [6, 6.07) is 18.8. The van der Waals surface area contributed by atoms with Gasteiger partial charge >= 0.3 is 0 Å². The van der Waals surface area contributed by atoms with E-state index in [9.17, 15) is 33.6 Å². The first-order chi connectivity index (χ1) is 33.9. The van der Waals surface area contributed by atoms with Gasteiger partial charge < -0.3 is 52.8 Å². The third kappa shape index (κ3) is 13.9. The first-order valence-electron chi connectivity index (χ1n) is 24.8. The van der Waals surface area contributed by atoms with Crippen molar-refractivity contribution in [3.63, 3.8) is 0 Å². The Kier molecular flexibility index (Phi) is 18.0. The summed E-state index contributed by atoms with van der Waals surface area (Å²) in [5, 5.41) is 28.8. The number of nitrogens with zero attached hydrogens (tertiary/aromatic N) is 1. The number of carbonyl (C=O) groups is 7. The maximum Gasteiger partial charge on any atom is 0.251 e. The highest BCUT2D eigenvalue weighted by Crippen LogP contribution is 2.28. The Hall–Kier alpha value is -7.24. The molecule has 3 heterocycles. The Morgan fingerprint density at radius 2 is 1.43 bits per heavy atom. The number of guanidine groups is 1. The summed E-state index contributed by atoms with van der Waals surface area (Å²) in [5.74, 6) is -3.85. The van der Waals surface area contributed by atoms with Crippen LogP contribution in [0.3, 0.4) is 0 Å². The van der Waals surface area contributed by atoms with Crippen molar-refractivity contribution < 1.29 is 33.6 Å². The largest absolute Gasteiger partial charge is 0.370 e. The normalized spacial score (nSPS) is 22.5. The van der Waals surface area contributed by atoms with E-state index in [1.54, 1.807) is 36.5 Å². The number of H-pyrrole nitrogens is 1. The van der Waals surface area contributed by atoms with E-state index >= 15 is 0 Å². The molecule has 18 nitrogen and oxygen atoms in total. The van der Waals surface area contributed by atoms with E-state index in [2.05, 4.69) is 42.2 Å². The van der Waals surface area contributed by atoms with Gasteiger partial charge in [0.15, 0.2) is 5.96 Å². The lowest BCUT2D eigenvalue weighted by molar-refractivity contribution is -0.142. The van der Waals surface area contributed by atoms with Gasteiger partial charge in [-0.05, 0) is 80.2 Å². The molecule has 70 heavy (non-hydrogen) atoms. The van der Waals surface area contributed by atoms with Gasteiger partial charge in [-0.15, -0.1) is 0 Å². The third-order valence-corrected chi connectivity index (χ3v) is 13.6. The van der Waals surface area contributed by atoms with E-state index in [4.69, 9.17) is 11.1 Å². The molecular weight excluding hydrogens is 891 g/mol. The van der Waals surface area contributed by atoms with Gasteiger partial charge in [0.25, 0.3) is 5.91 Å². The van der Waals surface area contributed by atoms with E-state index in [1.165, 1.54) is 4.90 Å². The number of benzene rings is 3. The summed E-state index contributed by atoms with van der Waals surface area (Å²) >= 11 is 0. The van der Waals surface area contributed by atoms with Crippen LogP contribution in [-0.2, 0) is 41.6 Å². The van der Waals surface area contributed by atoms with Crippen LogP contribution < -0.4 is 43.0 Å². The number of carbonyl (C=O) groups excluding carboxylic acids is 7. The molecule has 7 rings (SSSR count). The van der Waals surface area contributed by atoms with Gasteiger partial charge in [-0.2, -0.15) is 0 Å². The number of amides is 7. The number of hydrogen-bond donors (Lipinski definition) is 10. The van der Waals surface area contributed by atoms with Gasteiger partial charge in [-0.1, -0.05) is 98.8 Å². The van der Waals surface area contributed by atoms with Crippen molar-refractivity contribution in [2.75, 3.05) is 19.6 Å². The lowest BCUT2D eigenvalue weighted by atomic mass is 9.84. The molecule has 0 spiro atoms. The zero-order valence-corrected chi connectivity index (χ0v) is 39.6. The lowest BCUT2D eigenvalue weighted by Gasteiger charge is -2.32. The van der Waals surface area contributed by atoms with Crippen LogP contribution in [0, 0.1) is 11.3 Å². The van der Waals surface area contributed by atoms with E-state index in [0.717, 1.165) is 54.1 Å². The van der Waals surface area contributed by atoms with Crippen LogP contribution in [0.15, 0.2) is 91.1 Å². The Bertz CT molecular complexity index is 2460. The summed E-state index contributed by atoms with van der Waals surface area (Å²) < 4.78 is 0. The SMILES string of the molecule is N=C(N)NCCCC1NC(=O)C(Cc2c[nH]c3ccccc23)NC(=O)[C@@H](CC2CCCCC2)NC(=O)C2CCCN2C(=O)[C@@H](NC(=O)[C@H](Cc2ccccc2)NC(=O)c2ccccc2)CCCNC1=O. The Morgan fingerprint density at radius 1 is 0.743 bits per heavy atom. The maximum absolute atomic E-state index is 14.8. The molecule has 1 aliphatic carbocycles. The number of nitrogens with two attached hydrogens (primary N) is 1. The fourth-order valence-electron chi connectivity index (χ4n) is 9.89. The van der Waals surface area contributed by atoms with Gasteiger partial charge in [-0.3, -0.25) is 39.0 Å². The van der Waals surface area contributed by atoms with Crippen molar-refractivity contribution in [3.05, 3.63) is 108 Å². The fourth-order valence-corrected chi connectivity index (χ4v) is 9.89. The number of nitrogens with one attached hydrogen (secondary N) is 9. The van der Waals surface area contributed by atoms with Gasteiger partial charge in [0.1, 0.15) is 36.3 Å². The molecule has 3 aromatic carbocycles. The molecule has 4 aromatic rings. The predicted octanol–water partition coefficient (Wildman–Crippen LogP) is 2.83. The molecule has 11 N–H and O–H groups in total. The molecule has 0 radical (unpaired) electrons. The molecule has 3 unspecified atom stereocenters. The lowest BCUT2D eigenvalue weighted by Crippen LogP contribution is -2.60. The van der Waals surface area contributed by atoms with Crippen LogP contribution in [0.25, 0.3) is 10.9 Å². The fraction of sp³-hybridized carbons (Fsp3) is 0.462. The minimum Gasteiger partial charge on any atom is -0.370 e. The zero-order chi connectivity index (χ0) is 49.4. The second-order valence-corrected chi connectivity index (χ2v) is 18.7. The smallest absolute Gasteiger partial charge is 0.251 e. The third-order valence-electron chi connectivity index (χ3n) is 13.6. The van der Waals surface area contributed by atoms with Crippen LogP contribution in [0.1, 0.15) is 98.5 Å². The summed E-state index contributed by atoms with van der Waals surface area (Å²) in [6.45, 7) is 0.535. The number of fused-ring (bicyclic) bond motifs is 2. The highest BCUT2D eigenvalue weighted by molar-refractivity contribution is 6.00. The Balaban J connectivity index is 1.18. The van der Waals surface area contributed by atoms with Crippen LogP contribution in [0.4, 0.5) is 0 Å². The van der Waals surface area contributed by atoms with Crippen molar-refractivity contribution >= 4 is 58.2 Å². The molecular formula is C52H67N11O7. The minimum absolute atomic E-state index is 0.0526. The molecule has 1 aromatic heterocycles. The van der Waals surface area contributed by atoms with Crippen molar-refractivity contribution in [1.29, 1.82) is 5.41 Å². The molecule has 18 heteroatoms. The monoisotopic (exact) mass is 958 g/mol. The molecule has 0 bridgehead atoms. The Labute approximate surface area is 408 Å². The van der Waals surface area contributed by atoms with E-state index in [-0.39, 0.29) is 63.6 Å². The standard InChI is InChI=1S/C52H67N11O7/c53-52(54)56-27-12-23-39-46(65)55-26-13-24-40(59-47(66)41(29-33-15-4-1-5-16-33)60-45(64)35-19-8-3-9-20-35)51(70)63-28-14-25-44(63)50(69)62-42(30-34-17-6-2-7-18-34)48(67)61-43(49(68)58-39)31-36-32-57-38-22-11-10-21-37(36)38/h1,3-5,8-11,15-16,19-22,32,34,39-44,57H,2,6-7,12-14,17-18,23-31H2,(H,55,65)(H,58,68)(H,59,66)(H,60,64)(H,61,67)(H,62,69)(H4,53,54,56)/t39?,40-,41-,42+,43?,44?/m0/s1. The Morgan fingerprint density at radius 3 is 2.19 bits per heavy atom. The first-order valence-corrected chi connectivity index (χ1v) is 24.8. The summed E-state index contributed by atoms with van der Waals surface area (Å²) in [7, 11) is 0. The van der Waals surface area contributed by atoms with Crippen LogP contribution in [0.2, 0.25) is 0 Å². The topological polar surface area (TPSA) is 273 Å². The minimum atomic E-state index is -1.16. The molecule has 3 aliphatic rings. The average Bonchev–Trinajstić information content (AvgIpc) is 4.03. The number of aromatic amines is 1. The molecule has 3 fully saturated rings. The van der Waals surface area contributed by atoms with Crippen molar-refractivity contribution in [2.24, 2.45) is 11.7 Å². The molecule has 7 amide bonds. The summed E-state index contributed by atoms with van der Waals surface area (Å²) in [5.41, 5.74) is 8.27. The van der Waals surface area contributed by atoms with E-state index in [0.29, 0.717) is 31.2 Å². The number of hydrogen-bond acceptors (Lipinski definition) is 8. The second kappa shape index (κ2) is 24.9. The van der Waals surface area contributed by atoms with Gasteiger partial charge in [0, 0.05) is 55.1 Å².